The molecule has 34 heavy (non-hydrogen) atoms. The van der Waals surface area contributed by atoms with Crippen LogP contribution in [0.25, 0.3) is 0 Å². The van der Waals surface area contributed by atoms with Crippen molar-refractivity contribution in [3.05, 3.63) is 29.3 Å². The van der Waals surface area contributed by atoms with E-state index >= 15 is 0 Å². The molecule has 3 aliphatic rings. The van der Waals surface area contributed by atoms with Crippen LogP contribution in [-0.4, -0.2) is 52.7 Å². The van der Waals surface area contributed by atoms with Gasteiger partial charge in [0.05, 0.1) is 11.6 Å². The van der Waals surface area contributed by atoms with E-state index in [1.54, 1.807) is 0 Å². The van der Waals surface area contributed by atoms with E-state index in [-0.39, 0.29) is 22.6 Å². The number of benzene rings is 1. The number of ether oxygens (including phenoxy) is 1. The van der Waals surface area contributed by atoms with E-state index in [1.807, 2.05) is 12.1 Å². The van der Waals surface area contributed by atoms with E-state index in [9.17, 15) is 4.79 Å². The Morgan fingerprint density at radius 2 is 1.94 bits per heavy atom. The lowest BCUT2D eigenvalue weighted by Gasteiger charge is -2.53. The molecule has 188 valence electrons. The third-order valence-electron chi connectivity index (χ3n) is 8.12. The van der Waals surface area contributed by atoms with Crippen molar-refractivity contribution in [2.45, 2.75) is 96.7 Å². The summed E-state index contributed by atoms with van der Waals surface area (Å²) in [5.74, 6) is 1.41. The van der Waals surface area contributed by atoms with Crippen LogP contribution in [0.2, 0.25) is 0 Å². The highest BCUT2D eigenvalue weighted by Gasteiger charge is 2.52. The maximum absolute atomic E-state index is 13.6. The van der Waals surface area contributed by atoms with Crippen LogP contribution in [0.15, 0.2) is 18.2 Å². The van der Waals surface area contributed by atoms with Gasteiger partial charge in [-0.25, -0.2) is 0 Å². The van der Waals surface area contributed by atoms with Gasteiger partial charge in [0.1, 0.15) is 0 Å². The normalized spacial score (nSPS) is 27.3. The first-order valence-corrected chi connectivity index (χ1v) is 13.4. The van der Waals surface area contributed by atoms with Gasteiger partial charge >= 0.3 is 0 Å². The zero-order valence-corrected chi connectivity index (χ0v) is 22.9. The summed E-state index contributed by atoms with van der Waals surface area (Å²) < 4.78 is 5.89. The molecule has 2 fully saturated rings. The largest absolute Gasteiger partial charge is 0.376 e. The smallest absolute Gasteiger partial charge is 0.180 e. The molecular formula is C28H43N3O2S. The number of hydrogen-bond acceptors (Lipinski definition) is 4. The number of carbonyl (C=O) groups is 1. The molecule has 0 radical (unpaired) electrons. The predicted octanol–water partition coefficient (Wildman–Crippen LogP) is 5.53. The zero-order chi connectivity index (χ0) is 24.9. The van der Waals surface area contributed by atoms with Crippen LogP contribution in [0.3, 0.4) is 0 Å². The Bertz CT molecular complexity index is 949. The number of anilines is 1. The van der Waals surface area contributed by atoms with Gasteiger partial charge in [0.25, 0.3) is 0 Å². The minimum Gasteiger partial charge on any atom is -0.376 e. The minimum absolute atomic E-state index is 0.00423. The second-order valence-corrected chi connectivity index (χ2v) is 13.0. The summed E-state index contributed by atoms with van der Waals surface area (Å²) in [7, 11) is 0. The molecule has 4 rings (SSSR count). The molecule has 1 unspecified atom stereocenters. The third kappa shape index (κ3) is 5.50. The van der Waals surface area contributed by atoms with Crippen LogP contribution < -0.4 is 10.6 Å². The quantitative estimate of drug-likeness (QED) is 0.495. The summed E-state index contributed by atoms with van der Waals surface area (Å²) in [6, 6.07) is 6.20. The van der Waals surface area contributed by atoms with Gasteiger partial charge in [-0.2, -0.15) is 0 Å². The molecule has 1 saturated heterocycles. The number of fused-ring (bicyclic) bond motifs is 4. The van der Waals surface area contributed by atoms with Gasteiger partial charge in [-0.05, 0) is 120 Å². The number of hydrogen-bond donors (Lipinski definition) is 2. The molecule has 1 aromatic carbocycles. The van der Waals surface area contributed by atoms with E-state index in [0.717, 1.165) is 43.1 Å². The number of nitrogens with one attached hydrogen (secondary N) is 2. The highest BCUT2D eigenvalue weighted by atomic mass is 32.1. The summed E-state index contributed by atoms with van der Waals surface area (Å²) >= 11 is 5.65. The highest BCUT2D eigenvalue weighted by Crippen LogP contribution is 2.49. The van der Waals surface area contributed by atoms with Crippen LogP contribution in [0.4, 0.5) is 5.69 Å². The molecular weight excluding hydrogens is 442 g/mol. The van der Waals surface area contributed by atoms with Gasteiger partial charge in [0.15, 0.2) is 10.9 Å². The lowest BCUT2D eigenvalue weighted by Crippen LogP contribution is -2.61. The van der Waals surface area contributed by atoms with E-state index < -0.39 is 0 Å². The summed E-state index contributed by atoms with van der Waals surface area (Å²) in [4.78, 5) is 16.1. The Hall–Kier alpha value is -1.50. The SMILES string of the molecule is C[C@H]1C2C(=O)c3ccc(NC(=S)NC(C)(C)CCOC(C)(C)C)cc3[C@]1(C)CCN2CC1CC1. The minimum atomic E-state index is -0.193. The number of carbonyl (C=O) groups excluding carboxylic acids is 1. The maximum Gasteiger partial charge on any atom is 0.180 e. The van der Waals surface area contributed by atoms with Crippen molar-refractivity contribution >= 4 is 28.8 Å². The van der Waals surface area contributed by atoms with E-state index in [0.29, 0.717) is 23.4 Å². The van der Waals surface area contributed by atoms with Gasteiger partial charge < -0.3 is 15.4 Å². The number of ketones is 1. The van der Waals surface area contributed by atoms with E-state index in [2.05, 4.69) is 70.1 Å². The second kappa shape index (κ2) is 9.18. The van der Waals surface area contributed by atoms with Crippen LogP contribution in [0.1, 0.15) is 90.1 Å². The number of thiocarbonyl (C=S) groups is 1. The van der Waals surface area contributed by atoms with Crippen LogP contribution >= 0.6 is 12.2 Å². The number of likely N-dealkylation sites (tertiary alicyclic amines) is 1. The van der Waals surface area contributed by atoms with Crippen LogP contribution in [-0.2, 0) is 10.2 Å². The molecule has 3 atom stereocenters. The van der Waals surface area contributed by atoms with Crippen molar-refractivity contribution in [3.8, 4) is 0 Å². The van der Waals surface area contributed by atoms with Crippen molar-refractivity contribution in [2.75, 3.05) is 25.0 Å². The molecule has 5 nitrogen and oxygen atoms in total. The van der Waals surface area contributed by atoms with Crippen LogP contribution in [0.5, 0.6) is 0 Å². The van der Waals surface area contributed by atoms with Gasteiger partial charge in [-0.1, -0.05) is 13.8 Å². The number of Topliss-reactive ketones (excluding diaryl/α,β-unsaturated/α-hetero) is 1. The average Bonchev–Trinajstić information content (AvgIpc) is 3.52. The van der Waals surface area contributed by atoms with Crippen molar-refractivity contribution in [1.82, 2.24) is 10.2 Å². The number of rotatable bonds is 7. The first kappa shape index (κ1) is 25.6. The topological polar surface area (TPSA) is 53.6 Å². The number of nitrogens with zero attached hydrogens (tertiary/aromatic N) is 1. The molecule has 6 heteroatoms. The van der Waals surface area contributed by atoms with Gasteiger partial charge in [0.2, 0.25) is 0 Å². The monoisotopic (exact) mass is 485 g/mol. The fourth-order valence-electron chi connectivity index (χ4n) is 5.63. The van der Waals surface area contributed by atoms with E-state index in [4.69, 9.17) is 17.0 Å². The lowest BCUT2D eigenvalue weighted by atomic mass is 9.58. The molecule has 2 N–H and O–H groups in total. The lowest BCUT2D eigenvalue weighted by molar-refractivity contribution is -0.0104. The molecule has 0 spiro atoms. The Balaban J connectivity index is 1.45. The van der Waals surface area contributed by atoms with Crippen molar-refractivity contribution in [3.63, 3.8) is 0 Å². The Labute approximate surface area is 211 Å². The molecule has 1 aromatic rings. The van der Waals surface area contributed by atoms with Crippen molar-refractivity contribution in [1.29, 1.82) is 0 Å². The Kier molecular flexibility index (Phi) is 6.91. The van der Waals surface area contributed by atoms with E-state index in [1.165, 1.54) is 18.4 Å². The van der Waals surface area contributed by atoms with Gasteiger partial charge in [-0.15, -0.1) is 0 Å². The molecule has 1 heterocycles. The van der Waals surface area contributed by atoms with Crippen LogP contribution in [0, 0.1) is 11.8 Å². The average molecular weight is 486 g/mol. The fraction of sp³-hybridized carbons (Fsp3) is 0.714. The second-order valence-electron chi connectivity index (χ2n) is 12.6. The molecule has 2 aliphatic carbocycles. The fourth-order valence-corrected chi connectivity index (χ4v) is 6.02. The van der Waals surface area contributed by atoms with Gasteiger partial charge in [0, 0.05) is 29.9 Å². The first-order valence-electron chi connectivity index (χ1n) is 12.9. The maximum atomic E-state index is 13.6. The molecule has 1 aliphatic heterocycles. The standard InChI is InChI=1S/C28H43N3O2S/c1-18-23-24(32)21-11-10-20(29-25(34)30-27(5,6)13-15-33-26(2,3)4)16-22(21)28(18,7)12-14-31(23)17-19-8-9-19/h10-11,16,18-19,23H,8-9,12-15,17H2,1-7H3,(H2,29,30,34)/t18-,23?,28+/m0/s1. The van der Waals surface area contributed by atoms with Crippen molar-refractivity contribution < 1.29 is 9.53 Å². The molecule has 1 saturated carbocycles. The first-order chi connectivity index (χ1) is 15.8. The Morgan fingerprint density at radius 3 is 2.59 bits per heavy atom. The highest BCUT2D eigenvalue weighted by molar-refractivity contribution is 7.80. The summed E-state index contributed by atoms with van der Waals surface area (Å²) in [6.07, 6.45) is 4.58. The van der Waals surface area contributed by atoms with Crippen molar-refractivity contribution in [2.24, 2.45) is 11.8 Å². The molecule has 2 bridgehead atoms. The Morgan fingerprint density at radius 1 is 1.24 bits per heavy atom. The summed E-state index contributed by atoms with van der Waals surface area (Å²) in [5, 5.41) is 7.41. The number of piperidine rings is 1. The predicted molar refractivity (Wildman–Crippen MR) is 144 cm³/mol. The third-order valence-corrected chi connectivity index (χ3v) is 8.32. The molecule has 0 aromatic heterocycles. The molecule has 0 amide bonds. The zero-order valence-electron chi connectivity index (χ0n) is 22.1. The summed E-state index contributed by atoms with van der Waals surface area (Å²) in [6.45, 7) is 17.9. The summed E-state index contributed by atoms with van der Waals surface area (Å²) in [5.41, 5.74) is 2.69. The van der Waals surface area contributed by atoms with Gasteiger partial charge in [-0.3, -0.25) is 9.69 Å².